The summed E-state index contributed by atoms with van der Waals surface area (Å²) in [6.07, 6.45) is 0. The molecule has 2 atom stereocenters. The summed E-state index contributed by atoms with van der Waals surface area (Å²) in [6, 6.07) is 13.0. The molecule has 142 valence electrons. The molecule has 2 amide bonds. The zero-order valence-electron chi connectivity index (χ0n) is 15.0. The van der Waals surface area contributed by atoms with Crippen LogP contribution < -0.4 is 19.3 Å². The standard InChI is InChI=1S/C19H20N2O5S/c1-25-14-9-7-13(8-10-14)20-16-11-27(23,24)12-17(16)21(19(20)22)15-5-3-4-6-18(15)26-2/h3-10,16-17H,11-12H2,1-2H3/t16-,17+/m0/s1. The van der Waals surface area contributed by atoms with E-state index < -0.39 is 21.9 Å². The predicted octanol–water partition coefficient (Wildman–Crippen LogP) is 2.32. The largest absolute Gasteiger partial charge is 0.497 e. The molecule has 0 radical (unpaired) electrons. The first kappa shape index (κ1) is 17.7. The smallest absolute Gasteiger partial charge is 0.329 e. The Bertz CT molecular complexity index is 974. The molecule has 2 aliphatic heterocycles. The van der Waals surface area contributed by atoms with Crippen molar-refractivity contribution in [1.29, 1.82) is 0 Å². The average molecular weight is 388 g/mol. The minimum absolute atomic E-state index is 0.0545. The Labute approximate surface area is 158 Å². The predicted molar refractivity (Wildman–Crippen MR) is 103 cm³/mol. The first-order valence-electron chi connectivity index (χ1n) is 8.55. The molecule has 7 nitrogen and oxygen atoms in total. The van der Waals surface area contributed by atoms with Crippen LogP contribution in [0, 0.1) is 0 Å². The van der Waals surface area contributed by atoms with Crippen molar-refractivity contribution in [3.8, 4) is 11.5 Å². The van der Waals surface area contributed by atoms with Crippen molar-refractivity contribution in [2.24, 2.45) is 0 Å². The van der Waals surface area contributed by atoms with E-state index >= 15 is 0 Å². The van der Waals surface area contributed by atoms with Crippen LogP contribution in [-0.4, -0.2) is 52.3 Å². The summed E-state index contributed by atoms with van der Waals surface area (Å²) in [6.45, 7) is 0. The van der Waals surface area contributed by atoms with E-state index in [0.29, 0.717) is 22.9 Å². The molecule has 0 aromatic heterocycles. The molecule has 2 aromatic rings. The zero-order chi connectivity index (χ0) is 19.2. The molecule has 2 aliphatic rings. The molecular weight excluding hydrogens is 368 g/mol. The van der Waals surface area contributed by atoms with Gasteiger partial charge in [-0.25, -0.2) is 13.2 Å². The SMILES string of the molecule is COc1ccc(N2C(=O)N(c3ccccc3OC)[C@@H]3CS(=O)(=O)C[C@@H]32)cc1. The van der Waals surface area contributed by atoms with E-state index in [4.69, 9.17) is 9.47 Å². The van der Waals surface area contributed by atoms with E-state index in [1.54, 1.807) is 59.4 Å². The maximum absolute atomic E-state index is 13.3. The second-order valence-corrected chi connectivity index (χ2v) is 8.76. The number of ether oxygens (including phenoxy) is 2. The van der Waals surface area contributed by atoms with Gasteiger partial charge in [-0.15, -0.1) is 0 Å². The first-order chi connectivity index (χ1) is 12.9. The average Bonchev–Trinajstić information content (AvgIpc) is 3.10. The number of urea groups is 1. The number of fused-ring (bicyclic) bond motifs is 1. The lowest BCUT2D eigenvalue weighted by atomic mass is 10.1. The van der Waals surface area contributed by atoms with Crippen molar-refractivity contribution in [1.82, 2.24) is 0 Å². The van der Waals surface area contributed by atoms with Crippen LogP contribution in [0.5, 0.6) is 11.5 Å². The number of amides is 2. The van der Waals surface area contributed by atoms with E-state index in [1.807, 2.05) is 6.07 Å². The molecule has 0 unspecified atom stereocenters. The summed E-state index contributed by atoms with van der Waals surface area (Å²) in [5.74, 6) is 1.09. The molecule has 2 aromatic carbocycles. The fourth-order valence-electron chi connectivity index (χ4n) is 3.86. The summed E-state index contributed by atoms with van der Waals surface area (Å²) >= 11 is 0. The van der Waals surface area contributed by atoms with Gasteiger partial charge in [0.1, 0.15) is 11.5 Å². The van der Waals surface area contributed by atoms with Crippen LogP contribution in [0.4, 0.5) is 16.2 Å². The Morgan fingerprint density at radius 2 is 1.52 bits per heavy atom. The van der Waals surface area contributed by atoms with Crippen LogP contribution in [0.2, 0.25) is 0 Å². The van der Waals surface area contributed by atoms with E-state index in [-0.39, 0.29) is 17.5 Å². The second kappa shape index (κ2) is 6.45. The van der Waals surface area contributed by atoms with Crippen molar-refractivity contribution >= 4 is 27.2 Å². The number of benzene rings is 2. The van der Waals surface area contributed by atoms with Gasteiger partial charge in [-0.1, -0.05) is 12.1 Å². The maximum Gasteiger partial charge on any atom is 0.329 e. The van der Waals surface area contributed by atoms with Gasteiger partial charge in [-0.2, -0.15) is 0 Å². The van der Waals surface area contributed by atoms with Gasteiger partial charge < -0.3 is 9.47 Å². The van der Waals surface area contributed by atoms with Crippen LogP contribution in [0.15, 0.2) is 48.5 Å². The van der Waals surface area contributed by atoms with Crippen LogP contribution in [-0.2, 0) is 9.84 Å². The van der Waals surface area contributed by atoms with Gasteiger partial charge >= 0.3 is 6.03 Å². The molecule has 2 fully saturated rings. The summed E-state index contributed by atoms with van der Waals surface area (Å²) in [5, 5.41) is 0. The monoisotopic (exact) mass is 388 g/mol. The van der Waals surface area contributed by atoms with E-state index in [2.05, 4.69) is 0 Å². The molecule has 4 rings (SSSR count). The van der Waals surface area contributed by atoms with Crippen molar-refractivity contribution in [2.45, 2.75) is 12.1 Å². The fraction of sp³-hybridized carbons (Fsp3) is 0.316. The minimum Gasteiger partial charge on any atom is -0.497 e. The highest BCUT2D eigenvalue weighted by atomic mass is 32.2. The number of sulfone groups is 1. The van der Waals surface area contributed by atoms with Gasteiger partial charge in [-0.3, -0.25) is 9.80 Å². The van der Waals surface area contributed by atoms with Gasteiger partial charge in [0.15, 0.2) is 9.84 Å². The normalized spacial score (nSPS) is 23.4. The number of anilines is 2. The third-order valence-electron chi connectivity index (χ3n) is 5.06. The number of para-hydroxylation sites is 2. The molecule has 8 heteroatoms. The van der Waals surface area contributed by atoms with Crippen LogP contribution in [0.3, 0.4) is 0 Å². The quantitative estimate of drug-likeness (QED) is 0.752. The lowest BCUT2D eigenvalue weighted by molar-refractivity contribution is 0.255. The van der Waals surface area contributed by atoms with Crippen LogP contribution in [0.1, 0.15) is 0 Å². The van der Waals surface area contributed by atoms with E-state index in [9.17, 15) is 13.2 Å². The number of hydrogen-bond donors (Lipinski definition) is 0. The number of carbonyl (C=O) groups is 1. The highest BCUT2D eigenvalue weighted by Crippen LogP contribution is 2.41. The molecule has 2 saturated heterocycles. The molecule has 0 spiro atoms. The number of methoxy groups -OCH3 is 2. The molecular formula is C19H20N2O5S. The van der Waals surface area contributed by atoms with Crippen molar-refractivity contribution in [2.75, 3.05) is 35.5 Å². The van der Waals surface area contributed by atoms with Crippen molar-refractivity contribution < 1.29 is 22.7 Å². The lowest BCUT2D eigenvalue weighted by Crippen LogP contribution is -2.38. The third-order valence-corrected chi connectivity index (χ3v) is 6.76. The van der Waals surface area contributed by atoms with Gasteiger partial charge in [0.05, 0.1) is 43.5 Å². The topological polar surface area (TPSA) is 76.2 Å². The minimum atomic E-state index is -3.24. The summed E-state index contributed by atoms with van der Waals surface area (Å²) in [4.78, 5) is 16.4. The number of nitrogens with zero attached hydrogens (tertiary/aromatic N) is 2. The highest BCUT2D eigenvalue weighted by molar-refractivity contribution is 7.91. The van der Waals surface area contributed by atoms with Crippen LogP contribution in [0.25, 0.3) is 0 Å². The number of carbonyl (C=O) groups excluding carboxylic acids is 1. The van der Waals surface area contributed by atoms with Gasteiger partial charge in [-0.05, 0) is 36.4 Å². The van der Waals surface area contributed by atoms with Crippen molar-refractivity contribution in [3.63, 3.8) is 0 Å². The number of hydrogen-bond acceptors (Lipinski definition) is 5. The van der Waals surface area contributed by atoms with Gasteiger partial charge in [0.2, 0.25) is 0 Å². The maximum atomic E-state index is 13.3. The number of rotatable bonds is 4. The van der Waals surface area contributed by atoms with Gasteiger partial charge in [0.25, 0.3) is 0 Å². The summed E-state index contributed by atoms with van der Waals surface area (Å²) < 4.78 is 35.3. The fourth-order valence-corrected chi connectivity index (χ4v) is 5.78. The van der Waals surface area contributed by atoms with E-state index in [0.717, 1.165) is 0 Å². The van der Waals surface area contributed by atoms with Crippen LogP contribution >= 0.6 is 0 Å². The summed E-state index contributed by atoms with van der Waals surface area (Å²) in [7, 11) is -0.145. The lowest BCUT2D eigenvalue weighted by Gasteiger charge is -2.24. The molecule has 0 saturated carbocycles. The Hall–Kier alpha value is -2.74. The third kappa shape index (κ3) is 2.90. The summed E-state index contributed by atoms with van der Waals surface area (Å²) in [5.41, 5.74) is 1.22. The Morgan fingerprint density at radius 3 is 2.15 bits per heavy atom. The van der Waals surface area contributed by atoms with Gasteiger partial charge in [0, 0.05) is 5.69 Å². The molecule has 0 bridgehead atoms. The first-order valence-corrected chi connectivity index (χ1v) is 10.4. The molecule has 27 heavy (non-hydrogen) atoms. The van der Waals surface area contributed by atoms with E-state index in [1.165, 1.54) is 7.11 Å². The van der Waals surface area contributed by atoms with Crippen molar-refractivity contribution in [3.05, 3.63) is 48.5 Å². The Kier molecular flexibility index (Phi) is 4.22. The Morgan fingerprint density at radius 1 is 0.889 bits per heavy atom. The Balaban J connectivity index is 1.80. The zero-order valence-corrected chi connectivity index (χ0v) is 15.8. The highest BCUT2D eigenvalue weighted by Gasteiger charge is 2.54. The second-order valence-electron chi connectivity index (χ2n) is 6.60. The molecule has 0 N–H and O–H groups in total. The molecule has 2 heterocycles. The molecule has 0 aliphatic carbocycles.